The van der Waals surface area contributed by atoms with Crippen molar-refractivity contribution in [2.24, 2.45) is 0 Å². The van der Waals surface area contributed by atoms with Gasteiger partial charge >= 0.3 is 0 Å². The second-order valence-corrected chi connectivity index (χ2v) is 7.67. The summed E-state index contributed by atoms with van der Waals surface area (Å²) >= 11 is 0. The number of nitrogens with zero attached hydrogens (tertiary/aromatic N) is 2. The number of anilines is 1. The minimum atomic E-state index is -0.0435. The summed E-state index contributed by atoms with van der Waals surface area (Å²) < 4.78 is 11.1. The summed E-state index contributed by atoms with van der Waals surface area (Å²) in [5.74, 6) is 0.505. The zero-order valence-corrected chi connectivity index (χ0v) is 19.0. The number of rotatable bonds is 10. The van der Waals surface area contributed by atoms with Crippen LogP contribution in [0.1, 0.15) is 29.8 Å². The molecule has 1 N–H and O–H groups in total. The number of carbonyl (C=O) groups excluding carboxylic acids is 2. The topological polar surface area (TPSA) is 71.1 Å². The molecule has 3 rings (SSSR count). The molecular weight excluding hydrogens is 406 g/mol. The lowest BCUT2D eigenvalue weighted by molar-refractivity contribution is -0.117. The Labute approximate surface area is 190 Å². The molecule has 1 aliphatic rings. The third kappa shape index (κ3) is 6.55. The fourth-order valence-electron chi connectivity index (χ4n) is 3.75. The third-order valence-corrected chi connectivity index (χ3v) is 5.51. The molecule has 1 fully saturated rings. The van der Waals surface area contributed by atoms with Crippen LogP contribution in [0.15, 0.2) is 48.5 Å². The molecule has 0 radical (unpaired) electrons. The van der Waals surface area contributed by atoms with E-state index in [2.05, 4.69) is 17.1 Å². The monoisotopic (exact) mass is 439 g/mol. The Kier molecular flexibility index (Phi) is 9.07. The van der Waals surface area contributed by atoms with Crippen LogP contribution < -0.4 is 10.1 Å². The average molecular weight is 440 g/mol. The van der Waals surface area contributed by atoms with Gasteiger partial charge in [-0.15, -0.1) is 0 Å². The SMILES string of the molecule is CCOCCOc1ccccc1C(=O)N1CCN(CC(=O)Nc2ccccc2CC)CC1. The summed E-state index contributed by atoms with van der Waals surface area (Å²) in [6.07, 6.45) is 0.869. The summed E-state index contributed by atoms with van der Waals surface area (Å²) in [6.45, 7) is 8.31. The third-order valence-electron chi connectivity index (χ3n) is 5.51. The Morgan fingerprint density at radius 1 is 0.938 bits per heavy atom. The lowest BCUT2D eigenvalue weighted by atomic mass is 10.1. The summed E-state index contributed by atoms with van der Waals surface area (Å²) in [5.41, 5.74) is 2.56. The molecule has 0 aliphatic carbocycles. The van der Waals surface area contributed by atoms with E-state index in [9.17, 15) is 9.59 Å². The number of hydrogen-bond acceptors (Lipinski definition) is 5. The molecule has 0 saturated carbocycles. The Hall–Kier alpha value is -2.90. The predicted octanol–water partition coefficient (Wildman–Crippen LogP) is 3.06. The minimum absolute atomic E-state index is 0.0290. The van der Waals surface area contributed by atoms with Gasteiger partial charge in [-0.05, 0) is 37.1 Å². The molecule has 0 aromatic heterocycles. The second kappa shape index (κ2) is 12.2. The maximum absolute atomic E-state index is 13.1. The van der Waals surface area contributed by atoms with Gasteiger partial charge in [0.1, 0.15) is 12.4 Å². The van der Waals surface area contributed by atoms with Gasteiger partial charge in [-0.25, -0.2) is 0 Å². The largest absolute Gasteiger partial charge is 0.490 e. The smallest absolute Gasteiger partial charge is 0.257 e. The predicted molar refractivity (Wildman–Crippen MR) is 125 cm³/mol. The van der Waals surface area contributed by atoms with E-state index in [1.54, 1.807) is 6.07 Å². The van der Waals surface area contributed by atoms with Crippen LogP contribution in [0.2, 0.25) is 0 Å². The maximum atomic E-state index is 13.1. The van der Waals surface area contributed by atoms with Crippen LogP contribution in [0.25, 0.3) is 0 Å². The van der Waals surface area contributed by atoms with Crippen molar-refractivity contribution in [3.8, 4) is 5.75 Å². The van der Waals surface area contributed by atoms with Crippen LogP contribution in [0.5, 0.6) is 5.75 Å². The number of amides is 2. The van der Waals surface area contributed by atoms with Gasteiger partial charge in [0.15, 0.2) is 0 Å². The lowest BCUT2D eigenvalue weighted by Crippen LogP contribution is -2.50. The molecule has 1 heterocycles. The quantitative estimate of drug-likeness (QED) is 0.576. The van der Waals surface area contributed by atoms with Gasteiger partial charge in [0.25, 0.3) is 5.91 Å². The molecule has 0 spiro atoms. The van der Waals surface area contributed by atoms with Crippen molar-refractivity contribution in [3.63, 3.8) is 0 Å². The summed E-state index contributed by atoms with van der Waals surface area (Å²) in [7, 11) is 0. The molecule has 2 amide bonds. The van der Waals surface area contributed by atoms with Gasteiger partial charge in [-0.1, -0.05) is 37.3 Å². The molecule has 2 aromatic carbocycles. The number of piperazine rings is 1. The van der Waals surface area contributed by atoms with E-state index >= 15 is 0 Å². The first kappa shape index (κ1) is 23.8. The molecule has 0 bridgehead atoms. The zero-order valence-electron chi connectivity index (χ0n) is 19.0. The number of nitrogens with one attached hydrogen (secondary N) is 1. The van der Waals surface area contributed by atoms with Crippen molar-refractivity contribution in [2.45, 2.75) is 20.3 Å². The highest BCUT2D eigenvalue weighted by Crippen LogP contribution is 2.21. The van der Waals surface area contributed by atoms with E-state index in [0.717, 1.165) is 17.7 Å². The van der Waals surface area contributed by atoms with E-state index in [1.807, 2.05) is 54.3 Å². The highest BCUT2D eigenvalue weighted by atomic mass is 16.5. The molecule has 1 aliphatic heterocycles. The highest BCUT2D eigenvalue weighted by molar-refractivity contribution is 5.97. The molecular formula is C25H33N3O4. The van der Waals surface area contributed by atoms with Crippen LogP contribution in [-0.2, 0) is 16.0 Å². The van der Waals surface area contributed by atoms with Gasteiger partial charge < -0.3 is 19.7 Å². The van der Waals surface area contributed by atoms with E-state index in [-0.39, 0.29) is 11.8 Å². The number of hydrogen-bond donors (Lipinski definition) is 1. The van der Waals surface area contributed by atoms with Crippen molar-refractivity contribution in [1.82, 2.24) is 9.80 Å². The molecule has 32 heavy (non-hydrogen) atoms. The first-order valence-electron chi connectivity index (χ1n) is 11.3. The normalized spacial score (nSPS) is 14.2. The zero-order chi connectivity index (χ0) is 22.8. The Balaban J connectivity index is 1.50. The van der Waals surface area contributed by atoms with Crippen LogP contribution in [-0.4, -0.2) is 74.2 Å². The van der Waals surface area contributed by atoms with Gasteiger partial charge in [0.2, 0.25) is 5.91 Å². The molecule has 7 heteroatoms. The van der Waals surface area contributed by atoms with Crippen molar-refractivity contribution in [1.29, 1.82) is 0 Å². The van der Waals surface area contributed by atoms with Crippen molar-refractivity contribution < 1.29 is 19.1 Å². The van der Waals surface area contributed by atoms with Gasteiger partial charge in [0.05, 0.1) is 18.7 Å². The Morgan fingerprint density at radius 3 is 2.41 bits per heavy atom. The molecule has 0 unspecified atom stereocenters. The number of para-hydroxylation sites is 2. The molecule has 0 atom stereocenters. The fourth-order valence-corrected chi connectivity index (χ4v) is 3.75. The lowest BCUT2D eigenvalue weighted by Gasteiger charge is -2.34. The van der Waals surface area contributed by atoms with E-state index < -0.39 is 0 Å². The highest BCUT2D eigenvalue weighted by Gasteiger charge is 2.25. The second-order valence-electron chi connectivity index (χ2n) is 7.67. The van der Waals surface area contributed by atoms with Crippen molar-refractivity contribution in [3.05, 3.63) is 59.7 Å². The fraction of sp³-hybridized carbons (Fsp3) is 0.440. The summed E-state index contributed by atoms with van der Waals surface area (Å²) in [4.78, 5) is 29.5. The standard InChI is InChI=1S/C25H33N3O4/c1-3-20-9-5-7-11-22(20)26-24(29)19-27-13-15-28(16-14-27)25(30)21-10-6-8-12-23(21)32-18-17-31-4-2/h5-12H,3-4,13-19H2,1-2H3,(H,26,29). The first-order valence-corrected chi connectivity index (χ1v) is 11.3. The van der Waals surface area contributed by atoms with Crippen LogP contribution in [0.3, 0.4) is 0 Å². The molecule has 2 aromatic rings. The van der Waals surface area contributed by atoms with Crippen molar-refractivity contribution in [2.75, 3.05) is 57.9 Å². The van der Waals surface area contributed by atoms with E-state index in [4.69, 9.17) is 9.47 Å². The van der Waals surface area contributed by atoms with Crippen molar-refractivity contribution >= 4 is 17.5 Å². The maximum Gasteiger partial charge on any atom is 0.257 e. The van der Waals surface area contributed by atoms with Gasteiger partial charge in [-0.2, -0.15) is 0 Å². The Morgan fingerprint density at radius 2 is 1.66 bits per heavy atom. The minimum Gasteiger partial charge on any atom is -0.490 e. The first-order chi connectivity index (χ1) is 15.6. The van der Waals surface area contributed by atoms with E-state index in [0.29, 0.717) is 63.9 Å². The molecule has 1 saturated heterocycles. The number of ether oxygens (including phenoxy) is 2. The molecule has 7 nitrogen and oxygen atoms in total. The summed E-state index contributed by atoms with van der Waals surface area (Å²) in [6, 6.07) is 15.2. The van der Waals surface area contributed by atoms with Crippen LogP contribution in [0, 0.1) is 0 Å². The van der Waals surface area contributed by atoms with Crippen LogP contribution in [0.4, 0.5) is 5.69 Å². The number of benzene rings is 2. The number of aryl methyl sites for hydroxylation is 1. The number of carbonyl (C=O) groups is 2. The van der Waals surface area contributed by atoms with Gasteiger partial charge in [0, 0.05) is 38.5 Å². The molecule has 172 valence electrons. The van der Waals surface area contributed by atoms with Crippen LogP contribution >= 0.6 is 0 Å². The van der Waals surface area contributed by atoms with E-state index in [1.165, 1.54) is 0 Å². The van der Waals surface area contributed by atoms with Gasteiger partial charge in [-0.3, -0.25) is 14.5 Å². The Bertz CT molecular complexity index is 894. The summed E-state index contributed by atoms with van der Waals surface area (Å²) in [5, 5.41) is 3.02. The average Bonchev–Trinajstić information content (AvgIpc) is 2.82.